The first-order chi connectivity index (χ1) is 9.75. The van der Waals surface area contributed by atoms with Gasteiger partial charge in [-0.15, -0.1) is 0 Å². The van der Waals surface area contributed by atoms with Crippen LogP contribution in [0.2, 0.25) is 0 Å². The molecule has 0 aliphatic carbocycles. The molecule has 1 aromatic carbocycles. The lowest BCUT2D eigenvalue weighted by Crippen LogP contribution is -2.21. The van der Waals surface area contributed by atoms with Gasteiger partial charge in [0.25, 0.3) is 0 Å². The molecule has 0 N–H and O–H groups in total. The summed E-state index contributed by atoms with van der Waals surface area (Å²) in [6.45, 7) is 0.908. The molecule has 0 aliphatic rings. The Morgan fingerprint density at radius 3 is 2.75 bits per heavy atom. The van der Waals surface area contributed by atoms with Crippen LogP contribution < -0.4 is 4.90 Å². The summed E-state index contributed by atoms with van der Waals surface area (Å²) in [6, 6.07) is 10.5. The van der Waals surface area contributed by atoms with Gasteiger partial charge in [-0.05, 0) is 12.0 Å². The lowest BCUT2D eigenvalue weighted by molar-refractivity contribution is 0.785. The Kier molecular flexibility index (Phi) is 3.33. The van der Waals surface area contributed by atoms with Gasteiger partial charge in [0.15, 0.2) is 5.65 Å². The largest absolute Gasteiger partial charge is 0.359 e. The van der Waals surface area contributed by atoms with Gasteiger partial charge in [-0.3, -0.25) is 4.68 Å². The van der Waals surface area contributed by atoms with Crippen LogP contribution in [0, 0.1) is 0 Å². The molecule has 5 heteroatoms. The number of likely N-dealkylation sites (N-methyl/N-ethyl adjacent to an activating group) is 1. The highest BCUT2D eigenvalue weighted by molar-refractivity contribution is 5.86. The minimum atomic E-state index is 0.863. The molecule has 0 unspecified atom stereocenters. The lowest BCUT2D eigenvalue weighted by atomic mass is 10.1. The van der Waals surface area contributed by atoms with Crippen LogP contribution in [0.25, 0.3) is 11.0 Å². The highest BCUT2D eigenvalue weighted by atomic mass is 15.3. The van der Waals surface area contributed by atoms with E-state index in [0.29, 0.717) is 0 Å². The summed E-state index contributed by atoms with van der Waals surface area (Å²) in [5.41, 5.74) is 2.19. The summed E-state index contributed by atoms with van der Waals surface area (Å²) in [4.78, 5) is 10.8. The zero-order chi connectivity index (χ0) is 13.9. The van der Waals surface area contributed by atoms with Crippen LogP contribution in [0.3, 0.4) is 0 Å². The van der Waals surface area contributed by atoms with Crippen molar-refractivity contribution in [1.29, 1.82) is 0 Å². The minimum Gasteiger partial charge on any atom is -0.359 e. The average Bonchev–Trinajstić information content (AvgIpc) is 2.87. The fraction of sp³-hybridized carbons (Fsp3) is 0.267. The molecule has 0 saturated carbocycles. The summed E-state index contributed by atoms with van der Waals surface area (Å²) >= 11 is 0. The zero-order valence-electron chi connectivity index (χ0n) is 11.7. The molecule has 102 valence electrons. The SMILES string of the molecule is CN(CCc1ccccc1)c1ncnc2c1cnn2C. The smallest absolute Gasteiger partial charge is 0.163 e. The topological polar surface area (TPSA) is 46.8 Å². The molecule has 5 nitrogen and oxygen atoms in total. The zero-order valence-corrected chi connectivity index (χ0v) is 11.7. The fourth-order valence-corrected chi connectivity index (χ4v) is 2.30. The van der Waals surface area contributed by atoms with Crippen molar-refractivity contribution in [3.63, 3.8) is 0 Å². The van der Waals surface area contributed by atoms with Crippen LogP contribution >= 0.6 is 0 Å². The molecule has 2 aromatic heterocycles. The quantitative estimate of drug-likeness (QED) is 0.726. The molecule has 0 saturated heterocycles. The number of benzene rings is 1. The second-order valence-corrected chi connectivity index (χ2v) is 4.86. The van der Waals surface area contributed by atoms with Crippen molar-refractivity contribution < 1.29 is 0 Å². The first-order valence-electron chi connectivity index (χ1n) is 6.63. The molecule has 3 rings (SSSR count). The molecule has 0 atom stereocenters. The number of anilines is 1. The van der Waals surface area contributed by atoms with Gasteiger partial charge in [0.05, 0.1) is 11.6 Å². The second-order valence-electron chi connectivity index (χ2n) is 4.86. The molecule has 2 heterocycles. The van der Waals surface area contributed by atoms with E-state index in [9.17, 15) is 0 Å². The third-order valence-electron chi connectivity index (χ3n) is 3.45. The molecule has 0 spiro atoms. The van der Waals surface area contributed by atoms with Crippen LogP contribution in [0.15, 0.2) is 42.9 Å². The molecule has 20 heavy (non-hydrogen) atoms. The Balaban J connectivity index is 1.80. The molecule has 0 amide bonds. The van der Waals surface area contributed by atoms with E-state index in [1.54, 1.807) is 11.0 Å². The molecular formula is C15H17N5. The normalized spacial score (nSPS) is 10.9. The van der Waals surface area contributed by atoms with Gasteiger partial charge in [0.2, 0.25) is 0 Å². The maximum atomic E-state index is 4.39. The molecule has 3 aromatic rings. The summed E-state index contributed by atoms with van der Waals surface area (Å²) < 4.78 is 1.77. The van der Waals surface area contributed by atoms with Gasteiger partial charge >= 0.3 is 0 Å². The summed E-state index contributed by atoms with van der Waals surface area (Å²) in [5, 5.41) is 5.24. The van der Waals surface area contributed by atoms with Crippen LogP contribution in [0.5, 0.6) is 0 Å². The number of hydrogen-bond acceptors (Lipinski definition) is 4. The molecule has 0 aliphatic heterocycles. The average molecular weight is 267 g/mol. The fourth-order valence-electron chi connectivity index (χ4n) is 2.30. The van der Waals surface area contributed by atoms with E-state index in [4.69, 9.17) is 0 Å². The Labute approximate surface area is 117 Å². The number of hydrogen-bond donors (Lipinski definition) is 0. The molecule has 0 bridgehead atoms. The predicted octanol–water partition coefficient (Wildman–Crippen LogP) is 2.04. The van der Waals surface area contributed by atoms with Crippen LogP contribution in [-0.4, -0.2) is 33.3 Å². The minimum absolute atomic E-state index is 0.863. The van der Waals surface area contributed by atoms with E-state index in [1.807, 2.05) is 19.3 Å². The number of fused-ring (bicyclic) bond motifs is 1. The van der Waals surface area contributed by atoms with Gasteiger partial charge in [-0.1, -0.05) is 30.3 Å². The predicted molar refractivity (Wildman–Crippen MR) is 79.7 cm³/mol. The van der Waals surface area contributed by atoms with Gasteiger partial charge in [0.1, 0.15) is 12.1 Å². The van der Waals surface area contributed by atoms with E-state index in [0.717, 1.165) is 29.8 Å². The highest BCUT2D eigenvalue weighted by Crippen LogP contribution is 2.21. The summed E-state index contributed by atoms with van der Waals surface area (Å²) in [6.07, 6.45) is 4.41. The van der Waals surface area contributed by atoms with E-state index >= 15 is 0 Å². The van der Waals surface area contributed by atoms with Crippen molar-refractivity contribution in [1.82, 2.24) is 19.7 Å². The van der Waals surface area contributed by atoms with Crippen molar-refractivity contribution in [3.8, 4) is 0 Å². The number of nitrogens with zero attached hydrogens (tertiary/aromatic N) is 5. The van der Waals surface area contributed by atoms with E-state index in [1.165, 1.54) is 5.56 Å². The number of aryl methyl sites for hydroxylation is 1. The molecular weight excluding hydrogens is 250 g/mol. The Hall–Kier alpha value is -2.43. The summed E-state index contributed by atoms with van der Waals surface area (Å²) in [7, 11) is 3.95. The van der Waals surface area contributed by atoms with Crippen LogP contribution in [0.4, 0.5) is 5.82 Å². The van der Waals surface area contributed by atoms with Gasteiger partial charge in [-0.2, -0.15) is 5.10 Å². The molecule has 0 radical (unpaired) electrons. The molecule has 0 fully saturated rings. The number of aromatic nitrogens is 4. The van der Waals surface area contributed by atoms with Gasteiger partial charge in [0, 0.05) is 20.6 Å². The van der Waals surface area contributed by atoms with Gasteiger partial charge in [-0.25, -0.2) is 9.97 Å². The van der Waals surface area contributed by atoms with Crippen molar-refractivity contribution in [2.75, 3.05) is 18.5 Å². The van der Waals surface area contributed by atoms with Crippen molar-refractivity contribution >= 4 is 16.9 Å². The monoisotopic (exact) mass is 267 g/mol. The maximum absolute atomic E-state index is 4.39. The highest BCUT2D eigenvalue weighted by Gasteiger charge is 2.11. The van der Waals surface area contributed by atoms with Crippen molar-refractivity contribution in [2.24, 2.45) is 7.05 Å². The van der Waals surface area contributed by atoms with Crippen LogP contribution in [-0.2, 0) is 13.5 Å². The first-order valence-corrected chi connectivity index (χ1v) is 6.63. The summed E-state index contributed by atoms with van der Waals surface area (Å²) in [5.74, 6) is 0.930. The van der Waals surface area contributed by atoms with E-state index < -0.39 is 0 Å². The standard InChI is InChI=1S/C15H17N5/c1-19(9-8-12-6-4-3-5-7-12)14-13-10-18-20(2)15(13)17-11-16-14/h3-7,10-11H,8-9H2,1-2H3. The number of rotatable bonds is 4. The Morgan fingerprint density at radius 2 is 1.95 bits per heavy atom. The first kappa shape index (κ1) is 12.6. The van der Waals surface area contributed by atoms with Crippen molar-refractivity contribution in [3.05, 3.63) is 48.4 Å². The third-order valence-corrected chi connectivity index (χ3v) is 3.45. The van der Waals surface area contributed by atoms with E-state index in [2.05, 4.69) is 51.3 Å². The Morgan fingerprint density at radius 1 is 1.15 bits per heavy atom. The van der Waals surface area contributed by atoms with Crippen LogP contribution in [0.1, 0.15) is 5.56 Å². The third kappa shape index (κ3) is 2.34. The lowest BCUT2D eigenvalue weighted by Gasteiger charge is -2.18. The van der Waals surface area contributed by atoms with Gasteiger partial charge < -0.3 is 4.90 Å². The van der Waals surface area contributed by atoms with Crippen molar-refractivity contribution in [2.45, 2.75) is 6.42 Å². The maximum Gasteiger partial charge on any atom is 0.163 e. The van der Waals surface area contributed by atoms with E-state index in [-0.39, 0.29) is 0 Å². The second kappa shape index (κ2) is 5.28. The Bertz CT molecular complexity index is 705.